The molecule has 0 aliphatic carbocycles. The molecule has 0 fully saturated rings. The van der Waals surface area contributed by atoms with Crippen molar-refractivity contribution < 1.29 is 21.2 Å². The van der Waals surface area contributed by atoms with Crippen LogP contribution in [0.15, 0.2) is 12.3 Å². The molecule has 1 rings (SSSR count). The fraction of sp³-hybridized carbons (Fsp3) is 0.200. The van der Waals surface area contributed by atoms with Crippen LogP contribution in [0.5, 0.6) is 0 Å². The molecule has 0 aromatic carbocycles. The Labute approximate surface area is 55.8 Å². The van der Waals surface area contributed by atoms with Crippen LogP contribution in [0.4, 0.5) is 0 Å². The maximum atomic E-state index is 3.04. The molecule has 1 N–H and O–H groups in total. The van der Waals surface area contributed by atoms with E-state index >= 15 is 0 Å². The smallest absolute Gasteiger partial charge is 1.00 e. The summed E-state index contributed by atoms with van der Waals surface area (Å²) in [5, 5.41) is 0. The maximum Gasteiger partial charge on any atom is -1.00 e. The number of aromatic amines is 1. The van der Waals surface area contributed by atoms with Gasteiger partial charge in [0.15, 0.2) is 0 Å². The summed E-state index contributed by atoms with van der Waals surface area (Å²) in [5.41, 5.74) is 1.30. The van der Waals surface area contributed by atoms with Gasteiger partial charge in [-0.2, -0.15) is 0 Å². The molecule has 0 amide bonds. The van der Waals surface area contributed by atoms with Gasteiger partial charge < -0.3 is 2.85 Å². The summed E-state index contributed by atoms with van der Waals surface area (Å²) in [6.45, 7) is 2.07. The molecule has 0 aliphatic heterocycles. The van der Waals surface area contributed by atoms with Gasteiger partial charge in [0, 0.05) is 0 Å². The van der Waals surface area contributed by atoms with Crippen molar-refractivity contribution in [1.82, 2.24) is 4.98 Å². The Bertz CT molecular complexity index is 147. The van der Waals surface area contributed by atoms with Gasteiger partial charge in [0.1, 0.15) is 0 Å². The van der Waals surface area contributed by atoms with Gasteiger partial charge in [0.25, 0.3) is 0 Å². The second kappa shape index (κ2) is 1.79. The second-order valence-electron chi connectivity index (χ2n) is 1.46. The molecule has 1 nitrogen and oxygen atoms in total. The molecule has 0 bridgehead atoms. The van der Waals surface area contributed by atoms with Crippen molar-refractivity contribution in [3.8, 4) is 0 Å². The standard InChI is InChI=1S/C5H6N.Ru.2H/c1-5-2-3-6-4-5;;;/h2-3,6H,1H3;;;/q;+2;2*-1. The Balaban J connectivity index is 0. The number of rotatable bonds is 0. The van der Waals surface area contributed by atoms with Gasteiger partial charge in [-0.25, -0.2) is 0 Å². The van der Waals surface area contributed by atoms with Gasteiger partial charge in [0.2, 0.25) is 0 Å². The molecular formula is C5H8NRu. The fourth-order valence-corrected chi connectivity index (χ4v) is 0.712. The minimum Gasteiger partial charge on any atom is -1.00 e. The van der Waals surface area contributed by atoms with Gasteiger partial charge in [0.05, 0.1) is 0 Å². The van der Waals surface area contributed by atoms with Gasteiger partial charge in [-0.1, -0.05) is 0 Å². The van der Waals surface area contributed by atoms with Gasteiger partial charge in [-0.3, -0.25) is 0 Å². The van der Waals surface area contributed by atoms with Gasteiger partial charge in [-0.15, -0.1) is 0 Å². The van der Waals surface area contributed by atoms with Crippen LogP contribution in [0.3, 0.4) is 0 Å². The van der Waals surface area contributed by atoms with Crippen LogP contribution in [0.25, 0.3) is 0 Å². The fourth-order valence-electron chi connectivity index (χ4n) is 0.423. The zero-order valence-electron chi connectivity index (χ0n) is 6.01. The van der Waals surface area contributed by atoms with E-state index in [1.807, 2.05) is 12.3 Å². The van der Waals surface area contributed by atoms with Crippen molar-refractivity contribution in [2.24, 2.45) is 0 Å². The van der Waals surface area contributed by atoms with Crippen molar-refractivity contribution in [1.29, 1.82) is 0 Å². The molecular weight excluding hydrogens is 175 g/mol. The molecule has 0 radical (unpaired) electrons. The van der Waals surface area contributed by atoms with Crippen molar-refractivity contribution in [2.75, 3.05) is 0 Å². The molecule has 7 heavy (non-hydrogen) atoms. The Morgan fingerprint density at radius 1 is 1.86 bits per heavy atom. The predicted octanol–water partition coefficient (Wildman–Crippen LogP) is 0.720. The Morgan fingerprint density at radius 2 is 2.57 bits per heavy atom. The number of hydrogen-bond acceptors (Lipinski definition) is 0. The molecule has 41 valence electrons. The molecule has 1 heterocycles. The summed E-state index contributed by atoms with van der Waals surface area (Å²) in [5.74, 6) is 0. The number of aryl methyl sites for hydroxylation is 1. The van der Waals surface area contributed by atoms with E-state index in [1.165, 1.54) is 9.85 Å². The van der Waals surface area contributed by atoms with Crippen molar-refractivity contribution in [3.05, 3.63) is 17.8 Å². The van der Waals surface area contributed by atoms with E-state index in [9.17, 15) is 0 Å². The average molecular weight is 183 g/mol. The summed E-state index contributed by atoms with van der Waals surface area (Å²) in [6, 6.07) is 2.05. The first kappa shape index (κ1) is 5.05. The first-order chi connectivity index (χ1) is 3.30. The topological polar surface area (TPSA) is 15.8 Å². The van der Waals surface area contributed by atoms with E-state index in [1.54, 1.807) is 0 Å². The van der Waals surface area contributed by atoms with E-state index < -0.39 is 0 Å². The summed E-state index contributed by atoms with van der Waals surface area (Å²) in [6.07, 6.45) is 1.93. The van der Waals surface area contributed by atoms with Crippen LogP contribution in [0.1, 0.15) is 8.42 Å². The molecule has 2 heteroatoms. The minimum atomic E-state index is 0. The number of hydrogen-bond donors (Lipinski definition) is 1. The molecule has 0 aliphatic rings. The minimum absolute atomic E-state index is 0. The van der Waals surface area contributed by atoms with Gasteiger partial charge >= 0.3 is 52.3 Å². The maximum absolute atomic E-state index is 3.04. The van der Waals surface area contributed by atoms with Crippen molar-refractivity contribution in [2.45, 2.75) is 6.92 Å². The van der Waals surface area contributed by atoms with Crippen molar-refractivity contribution >= 4 is 4.29 Å². The molecule has 0 saturated carbocycles. The van der Waals surface area contributed by atoms with Crippen LogP contribution in [0, 0.1) is 6.92 Å². The molecule has 0 saturated heterocycles. The summed E-state index contributed by atoms with van der Waals surface area (Å²) in [4.78, 5) is 3.04. The SMILES string of the molecule is Cc1cc[nH][c]1[Ru+2].[H-].[H-]. The summed E-state index contributed by atoms with van der Waals surface area (Å²) in [7, 11) is 0. The second-order valence-corrected chi connectivity index (χ2v) is 2.33. The largest absolute Gasteiger partial charge is 1.00 e. The zero-order chi connectivity index (χ0) is 5.28. The summed E-state index contributed by atoms with van der Waals surface area (Å²) < 4.78 is 1.19. The van der Waals surface area contributed by atoms with E-state index in [2.05, 4.69) is 30.2 Å². The molecule has 0 unspecified atom stereocenters. The van der Waals surface area contributed by atoms with E-state index in [4.69, 9.17) is 0 Å². The number of aromatic nitrogens is 1. The predicted molar refractivity (Wildman–Crippen MR) is 27.4 cm³/mol. The molecule has 0 atom stereocenters. The van der Waals surface area contributed by atoms with Crippen molar-refractivity contribution in [3.63, 3.8) is 0 Å². The third-order valence-corrected chi connectivity index (χ3v) is 1.81. The third-order valence-electron chi connectivity index (χ3n) is 0.876. The van der Waals surface area contributed by atoms with E-state index in [0.717, 1.165) is 0 Å². The average Bonchev–Trinajstić information content (AvgIpc) is 1.91. The molecule has 1 aromatic rings. The van der Waals surface area contributed by atoms with Gasteiger partial charge in [-0.05, 0) is 0 Å². The zero-order valence-corrected chi connectivity index (χ0v) is 5.75. The quantitative estimate of drug-likeness (QED) is 0.570. The first-order valence-corrected chi connectivity index (χ1v) is 2.96. The van der Waals surface area contributed by atoms with Crippen LogP contribution >= 0.6 is 0 Å². The Hall–Kier alpha value is -0.0966. The van der Waals surface area contributed by atoms with Crippen LogP contribution < -0.4 is 4.29 Å². The third kappa shape index (κ3) is 0.917. The van der Waals surface area contributed by atoms with Crippen LogP contribution in [0.2, 0.25) is 0 Å². The number of H-pyrrole nitrogens is 1. The number of nitrogens with one attached hydrogen (secondary N) is 1. The summed E-state index contributed by atoms with van der Waals surface area (Å²) >= 11 is 2.53. The Kier molecular flexibility index (Phi) is 1.29. The van der Waals surface area contributed by atoms with E-state index in [0.29, 0.717) is 0 Å². The Morgan fingerprint density at radius 3 is 2.71 bits per heavy atom. The van der Waals surface area contributed by atoms with E-state index in [-0.39, 0.29) is 2.85 Å². The normalized spacial score (nSPS) is 9.29. The monoisotopic (exact) mass is 184 g/mol. The first-order valence-electron chi connectivity index (χ1n) is 2.09. The molecule has 1 aromatic heterocycles. The molecule has 0 spiro atoms. The van der Waals surface area contributed by atoms with Crippen LogP contribution in [-0.4, -0.2) is 4.98 Å². The van der Waals surface area contributed by atoms with Crippen LogP contribution in [-0.2, 0) is 18.3 Å².